The summed E-state index contributed by atoms with van der Waals surface area (Å²) in [5.74, 6) is 1.25. The Kier molecular flexibility index (Phi) is 11.9. The van der Waals surface area contributed by atoms with Crippen molar-refractivity contribution in [2.75, 3.05) is 37.0 Å². The number of halogens is 2. The van der Waals surface area contributed by atoms with Crippen LogP contribution in [0.5, 0.6) is 0 Å². The van der Waals surface area contributed by atoms with E-state index in [1.54, 1.807) is 9.80 Å². The topological polar surface area (TPSA) is 139 Å². The minimum Gasteiger partial charge on any atom is -0.456 e. The molecule has 0 radical (unpaired) electrons. The number of likely N-dealkylation sites (N-methyl/N-ethyl adjacent to an activating group) is 2. The van der Waals surface area contributed by atoms with Crippen LogP contribution in [0.4, 0.5) is 11.6 Å². The van der Waals surface area contributed by atoms with Gasteiger partial charge in [-0.3, -0.25) is 14.4 Å². The van der Waals surface area contributed by atoms with Crippen LogP contribution in [0.25, 0.3) is 0 Å². The quantitative estimate of drug-likeness (QED) is 0.262. The number of carbonyl (C=O) groups excluding carboxylic acids is 3. The van der Waals surface area contributed by atoms with Crippen molar-refractivity contribution in [1.29, 1.82) is 0 Å². The highest BCUT2D eigenvalue weighted by molar-refractivity contribution is 6.28. The summed E-state index contributed by atoms with van der Waals surface area (Å²) in [7, 11) is 3.64. The predicted molar refractivity (Wildman–Crippen MR) is 175 cm³/mol. The fourth-order valence-corrected chi connectivity index (χ4v) is 6.04. The minimum atomic E-state index is -0.585. The molecule has 0 bridgehead atoms. The molecule has 0 fully saturated rings. The number of carbonyl (C=O) groups is 3. The second-order valence-electron chi connectivity index (χ2n) is 14.3. The third-order valence-electron chi connectivity index (χ3n) is 7.24. The molecule has 2 unspecified atom stereocenters. The molecule has 2 aromatic rings. The molecule has 2 aromatic heterocycles. The molecule has 1 N–H and O–H groups in total. The van der Waals surface area contributed by atoms with E-state index < -0.39 is 12.2 Å². The third kappa shape index (κ3) is 10.6. The van der Waals surface area contributed by atoms with E-state index in [0.29, 0.717) is 61.5 Å². The van der Waals surface area contributed by atoms with Gasteiger partial charge in [-0.05, 0) is 59.7 Å². The zero-order chi connectivity index (χ0) is 33.9. The number of anilines is 2. The second-order valence-corrected chi connectivity index (χ2v) is 15.0. The Balaban J connectivity index is 0.000000248. The fourth-order valence-electron chi connectivity index (χ4n) is 5.69. The maximum Gasteiger partial charge on any atom is 0.303 e. The Bertz CT molecular complexity index is 1420. The third-order valence-corrected chi connectivity index (χ3v) is 7.58. The van der Waals surface area contributed by atoms with Crippen molar-refractivity contribution in [1.82, 2.24) is 19.9 Å². The molecular weight excluding hydrogens is 619 g/mol. The first-order valence-corrected chi connectivity index (χ1v) is 15.9. The van der Waals surface area contributed by atoms with E-state index in [9.17, 15) is 19.5 Å². The lowest BCUT2D eigenvalue weighted by Gasteiger charge is -2.23. The minimum absolute atomic E-state index is 0.0284. The Hall–Kier alpha value is -2.89. The first kappa shape index (κ1) is 36.6. The van der Waals surface area contributed by atoms with Crippen LogP contribution in [-0.2, 0) is 32.0 Å². The van der Waals surface area contributed by atoms with E-state index in [-0.39, 0.29) is 52.0 Å². The standard InChI is InChI=1S/C17H24ClN3O3.C15H22ClN3O2/c1-10(22)24-13-7-6-12-14(13)19-16(18)20-15(12)21(5)9-11(23)8-17(2,3)4;1-15(2,3)7-9(20)8-19(4)13-10-5-6-11(21)12(10)17-14(16)18-13/h13H,6-9H2,1-5H3;11,21H,5-8H2,1-4H3. The van der Waals surface area contributed by atoms with E-state index in [4.69, 9.17) is 27.9 Å². The molecule has 0 saturated carbocycles. The number of nitrogens with zero attached hydrogens (tertiary/aromatic N) is 6. The summed E-state index contributed by atoms with van der Waals surface area (Å²) in [6.07, 6.45) is 2.71. The SMILES string of the molecule is CC(=O)OC1CCc2c1nc(Cl)nc2N(C)CC(=O)CC(C)(C)C.CN(CC(=O)CC(C)(C)C)c1nc(Cl)nc2c1CCC2O. The van der Waals surface area contributed by atoms with Crippen LogP contribution in [0.3, 0.4) is 0 Å². The summed E-state index contributed by atoms with van der Waals surface area (Å²) in [5.41, 5.74) is 2.97. The van der Waals surface area contributed by atoms with Gasteiger partial charge in [-0.15, -0.1) is 0 Å². The van der Waals surface area contributed by atoms with Crippen LogP contribution in [0.15, 0.2) is 0 Å². The number of aliphatic hydroxyl groups excluding tert-OH is 1. The van der Waals surface area contributed by atoms with Gasteiger partial charge in [0.2, 0.25) is 10.6 Å². The maximum absolute atomic E-state index is 12.2. The van der Waals surface area contributed by atoms with Crippen LogP contribution >= 0.6 is 23.2 Å². The number of aromatic nitrogens is 4. The summed E-state index contributed by atoms with van der Waals surface area (Å²) in [4.78, 5) is 56.1. The maximum atomic E-state index is 12.2. The van der Waals surface area contributed by atoms with Gasteiger partial charge in [-0.1, -0.05) is 41.5 Å². The van der Waals surface area contributed by atoms with Crippen molar-refractivity contribution in [3.8, 4) is 0 Å². The second kappa shape index (κ2) is 14.7. The lowest BCUT2D eigenvalue weighted by molar-refractivity contribution is -0.146. The Morgan fingerprint density at radius 2 is 1.20 bits per heavy atom. The first-order chi connectivity index (χ1) is 20.7. The number of hydrogen-bond acceptors (Lipinski definition) is 11. The van der Waals surface area contributed by atoms with Gasteiger partial charge in [0.1, 0.15) is 17.7 Å². The smallest absolute Gasteiger partial charge is 0.303 e. The highest BCUT2D eigenvalue weighted by Gasteiger charge is 2.32. The summed E-state index contributed by atoms with van der Waals surface area (Å²) >= 11 is 12.0. The number of rotatable bonds is 9. The molecule has 0 saturated heterocycles. The monoisotopic (exact) mass is 664 g/mol. The molecule has 0 aromatic carbocycles. The molecule has 248 valence electrons. The molecule has 2 aliphatic carbocycles. The number of ether oxygens (including phenoxy) is 1. The Morgan fingerprint density at radius 3 is 1.64 bits per heavy atom. The van der Waals surface area contributed by atoms with Crippen LogP contribution in [0.1, 0.15) is 109 Å². The molecule has 0 aliphatic heterocycles. The van der Waals surface area contributed by atoms with E-state index in [1.807, 2.05) is 55.6 Å². The van der Waals surface area contributed by atoms with E-state index >= 15 is 0 Å². The van der Waals surface area contributed by atoms with Crippen molar-refractivity contribution in [3.05, 3.63) is 33.1 Å². The zero-order valence-corrected chi connectivity index (χ0v) is 29.3. The Morgan fingerprint density at radius 1 is 0.778 bits per heavy atom. The van der Waals surface area contributed by atoms with Crippen LogP contribution in [-0.4, -0.2) is 69.8 Å². The average Bonchev–Trinajstić information content (AvgIpc) is 3.43. The number of ketones is 2. The highest BCUT2D eigenvalue weighted by atomic mass is 35.5. The zero-order valence-electron chi connectivity index (χ0n) is 27.8. The van der Waals surface area contributed by atoms with Gasteiger partial charge in [0, 0.05) is 45.0 Å². The first-order valence-electron chi connectivity index (χ1n) is 15.2. The van der Waals surface area contributed by atoms with Gasteiger partial charge in [0.25, 0.3) is 0 Å². The molecule has 11 nitrogen and oxygen atoms in total. The van der Waals surface area contributed by atoms with Gasteiger partial charge < -0.3 is 19.6 Å². The van der Waals surface area contributed by atoms with E-state index in [0.717, 1.165) is 11.1 Å². The number of hydrogen-bond donors (Lipinski definition) is 1. The van der Waals surface area contributed by atoms with Gasteiger partial charge in [-0.2, -0.15) is 0 Å². The average molecular weight is 666 g/mol. The van der Waals surface area contributed by atoms with Crippen molar-refractivity contribution in [3.63, 3.8) is 0 Å². The van der Waals surface area contributed by atoms with Crippen molar-refractivity contribution in [2.45, 2.75) is 99.2 Å². The van der Waals surface area contributed by atoms with Gasteiger partial charge in [0.15, 0.2) is 11.6 Å². The van der Waals surface area contributed by atoms with Crippen LogP contribution in [0, 0.1) is 10.8 Å². The van der Waals surface area contributed by atoms with E-state index in [1.165, 1.54) is 6.92 Å². The molecule has 13 heteroatoms. The highest BCUT2D eigenvalue weighted by Crippen LogP contribution is 2.38. The largest absolute Gasteiger partial charge is 0.456 e. The van der Waals surface area contributed by atoms with Crippen molar-refractivity contribution >= 4 is 52.4 Å². The predicted octanol–water partition coefficient (Wildman–Crippen LogP) is 5.67. The molecule has 0 spiro atoms. The molecule has 2 aliphatic rings. The summed E-state index contributed by atoms with van der Waals surface area (Å²) < 4.78 is 5.30. The summed E-state index contributed by atoms with van der Waals surface area (Å²) in [5, 5.41) is 10.1. The van der Waals surface area contributed by atoms with Gasteiger partial charge >= 0.3 is 5.97 Å². The molecular formula is C32H46Cl2N6O5. The van der Waals surface area contributed by atoms with Gasteiger partial charge in [0.05, 0.1) is 30.6 Å². The van der Waals surface area contributed by atoms with Gasteiger partial charge in [-0.25, -0.2) is 19.9 Å². The van der Waals surface area contributed by atoms with Crippen LogP contribution in [0.2, 0.25) is 10.6 Å². The van der Waals surface area contributed by atoms with Crippen molar-refractivity contribution < 1.29 is 24.2 Å². The summed E-state index contributed by atoms with van der Waals surface area (Å²) in [6.45, 7) is 14.2. The van der Waals surface area contributed by atoms with E-state index in [2.05, 4.69) is 19.9 Å². The summed E-state index contributed by atoms with van der Waals surface area (Å²) in [6, 6.07) is 0. The normalized spacial score (nSPS) is 17.2. The fraction of sp³-hybridized carbons (Fsp3) is 0.656. The molecule has 0 amide bonds. The molecule has 2 atom stereocenters. The van der Waals surface area contributed by atoms with Crippen LogP contribution < -0.4 is 9.80 Å². The number of aliphatic hydroxyl groups is 1. The lowest BCUT2D eigenvalue weighted by Crippen LogP contribution is -2.29. The number of Topliss-reactive ketones (excluding diaryl/α,β-unsaturated/α-hetero) is 2. The van der Waals surface area contributed by atoms with Crippen molar-refractivity contribution in [2.24, 2.45) is 10.8 Å². The molecule has 4 rings (SSSR count). The molecule has 45 heavy (non-hydrogen) atoms. The molecule has 2 heterocycles. The lowest BCUT2D eigenvalue weighted by atomic mass is 9.90. The Labute approximate surface area is 276 Å². The number of esters is 1. The number of fused-ring (bicyclic) bond motifs is 2.